The molecule has 0 heterocycles. The topological polar surface area (TPSA) is 47.6 Å². The van der Waals surface area contributed by atoms with Crippen LogP contribution in [0.25, 0.3) is 0 Å². The van der Waals surface area contributed by atoms with E-state index in [9.17, 15) is 4.79 Å². The average molecular weight is 219 g/mol. The lowest BCUT2D eigenvalue weighted by Gasteiger charge is -2.06. The summed E-state index contributed by atoms with van der Waals surface area (Å²) in [6, 6.07) is 6.94. The van der Waals surface area contributed by atoms with Crippen LogP contribution in [0.2, 0.25) is 0 Å². The fourth-order valence-corrected chi connectivity index (χ4v) is 1.03. The molecule has 0 aromatic heterocycles. The van der Waals surface area contributed by atoms with E-state index in [1.807, 2.05) is 0 Å². The number of nitrogens with one attached hydrogen (secondary N) is 1. The lowest BCUT2D eigenvalue weighted by Crippen LogP contribution is -2.14. The van der Waals surface area contributed by atoms with E-state index in [-0.39, 0.29) is 6.61 Å². The number of anilines is 1. The van der Waals surface area contributed by atoms with E-state index in [0.29, 0.717) is 12.1 Å². The van der Waals surface area contributed by atoms with Gasteiger partial charge >= 0.3 is 6.09 Å². The second kappa shape index (κ2) is 6.36. The van der Waals surface area contributed by atoms with Crippen molar-refractivity contribution >= 4 is 11.8 Å². The predicted molar refractivity (Wildman–Crippen MR) is 61.4 cm³/mol. The number of terminal acetylenes is 1. The average Bonchev–Trinajstić information content (AvgIpc) is 2.30. The molecule has 0 saturated carbocycles. The number of ether oxygens (including phenoxy) is 2. The van der Waals surface area contributed by atoms with E-state index in [2.05, 4.69) is 11.2 Å². The van der Waals surface area contributed by atoms with Gasteiger partial charge in [-0.15, -0.1) is 12.3 Å². The zero-order valence-corrected chi connectivity index (χ0v) is 9.03. The summed E-state index contributed by atoms with van der Waals surface area (Å²) in [6.07, 6.45) is 4.92. The van der Waals surface area contributed by atoms with E-state index in [0.717, 1.165) is 5.75 Å². The van der Waals surface area contributed by atoms with Gasteiger partial charge in [-0.1, -0.05) is 0 Å². The standard InChI is InChI=1S/C12H13NO3/c1-3-4-9-16-12(14)13-10-5-7-11(15-2)8-6-10/h1,5-8H,4,9H2,2H3,(H,13,14). The molecular formula is C12H13NO3. The van der Waals surface area contributed by atoms with Crippen LogP contribution in [0, 0.1) is 12.3 Å². The molecule has 1 amide bonds. The van der Waals surface area contributed by atoms with E-state index in [1.54, 1.807) is 31.4 Å². The summed E-state index contributed by atoms with van der Waals surface area (Å²) in [5.41, 5.74) is 0.645. The number of hydrogen-bond acceptors (Lipinski definition) is 3. The highest BCUT2D eigenvalue weighted by Gasteiger charge is 2.02. The Bertz CT molecular complexity index is 378. The Morgan fingerprint density at radius 3 is 2.69 bits per heavy atom. The third-order valence-corrected chi connectivity index (χ3v) is 1.82. The molecule has 4 heteroatoms. The molecule has 0 spiro atoms. The minimum atomic E-state index is -0.514. The Balaban J connectivity index is 2.41. The molecule has 84 valence electrons. The first-order chi connectivity index (χ1) is 7.76. The highest BCUT2D eigenvalue weighted by Crippen LogP contribution is 2.14. The second-order valence-corrected chi connectivity index (χ2v) is 2.94. The van der Waals surface area contributed by atoms with Crippen molar-refractivity contribution in [3.63, 3.8) is 0 Å². The van der Waals surface area contributed by atoms with Crippen LogP contribution in [0.15, 0.2) is 24.3 Å². The summed E-state index contributed by atoms with van der Waals surface area (Å²) in [6.45, 7) is 0.221. The van der Waals surface area contributed by atoms with Crippen LogP contribution in [0.3, 0.4) is 0 Å². The maximum absolute atomic E-state index is 11.2. The van der Waals surface area contributed by atoms with Crippen molar-refractivity contribution in [2.24, 2.45) is 0 Å². The van der Waals surface area contributed by atoms with Gasteiger partial charge < -0.3 is 9.47 Å². The van der Waals surface area contributed by atoms with Gasteiger partial charge in [0.15, 0.2) is 0 Å². The van der Waals surface area contributed by atoms with Crippen molar-refractivity contribution in [2.45, 2.75) is 6.42 Å². The Morgan fingerprint density at radius 1 is 1.44 bits per heavy atom. The molecular weight excluding hydrogens is 206 g/mol. The van der Waals surface area contributed by atoms with Crippen LogP contribution in [0.1, 0.15) is 6.42 Å². The number of methoxy groups -OCH3 is 1. The Labute approximate surface area is 94.6 Å². The Kier molecular flexibility index (Phi) is 4.74. The summed E-state index contributed by atoms with van der Waals surface area (Å²) < 4.78 is 9.81. The van der Waals surface area contributed by atoms with Crippen LogP contribution in [0.5, 0.6) is 5.75 Å². The molecule has 4 nitrogen and oxygen atoms in total. The predicted octanol–water partition coefficient (Wildman–Crippen LogP) is 2.27. The largest absolute Gasteiger partial charge is 0.497 e. The van der Waals surface area contributed by atoms with Gasteiger partial charge in [0.25, 0.3) is 0 Å². The van der Waals surface area contributed by atoms with Crippen LogP contribution in [-0.2, 0) is 4.74 Å². The van der Waals surface area contributed by atoms with Crippen molar-refractivity contribution < 1.29 is 14.3 Å². The Morgan fingerprint density at radius 2 is 2.12 bits per heavy atom. The minimum absolute atomic E-state index is 0.221. The third-order valence-electron chi connectivity index (χ3n) is 1.82. The van der Waals surface area contributed by atoms with E-state index in [4.69, 9.17) is 15.9 Å². The molecule has 0 radical (unpaired) electrons. The molecule has 0 saturated heterocycles. The first-order valence-electron chi connectivity index (χ1n) is 4.77. The van der Waals surface area contributed by atoms with Crippen molar-refractivity contribution in [1.82, 2.24) is 0 Å². The molecule has 0 aliphatic heterocycles. The number of carbonyl (C=O) groups is 1. The summed E-state index contributed by atoms with van der Waals surface area (Å²) >= 11 is 0. The summed E-state index contributed by atoms with van der Waals surface area (Å²) in [5.74, 6) is 3.11. The number of carbonyl (C=O) groups excluding carboxylic acids is 1. The lowest BCUT2D eigenvalue weighted by atomic mass is 10.3. The molecule has 16 heavy (non-hydrogen) atoms. The fourth-order valence-electron chi connectivity index (χ4n) is 1.03. The van der Waals surface area contributed by atoms with Gasteiger partial charge in [0.05, 0.1) is 7.11 Å². The van der Waals surface area contributed by atoms with Gasteiger partial charge in [0.1, 0.15) is 12.4 Å². The smallest absolute Gasteiger partial charge is 0.411 e. The van der Waals surface area contributed by atoms with Gasteiger partial charge in [-0.2, -0.15) is 0 Å². The maximum Gasteiger partial charge on any atom is 0.411 e. The molecule has 0 fully saturated rings. The molecule has 0 aliphatic carbocycles. The van der Waals surface area contributed by atoms with Crippen molar-refractivity contribution in [3.05, 3.63) is 24.3 Å². The second-order valence-electron chi connectivity index (χ2n) is 2.94. The first-order valence-corrected chi connectivity index (χ1v) is 4.77. The van der Waals surface area contributed by atoms with Gasteiger partial charge in [-0.05, 0) is 24.3 Å². The quantitative estimate of drug-likeness (QED) is 0.624. The van der Waals surface area contributed by atoms with Gasteiger partial charge in [0.2, 0.25) is 0 Å². The van der Waals surface area contributed by atoms with Gasteiger partial charge in [-0.25, -0.2) is 4.79 Å². The molecule has 0 atom stereocenters. The molecule has 1 aromatic rings. The van der Waals surface area contributed by atoms with E-state index >= 15 is 0 Å². The monoisotopic (exact) mass is 219 g/mol. The van der Waals surface area contributed by atoms with Gasteiger partial charge in [-0.3, -0.25) is 5.32 Å². The van der Waals surface area contributed by atoms with Crippen LogP contribution >= 0.6 is 0 Å². The summed E-state index contributed by atoms with van der Waals surface area (Å²) in [4.78, 5) is 11.2. The lowest BCUT2D eigenvalue weighted by molar-refractivity contribution is 0.164. The minimum Gasteiger partial charge on any atom is -0.497 e. The molecule has 0 bridgehead atoms. The third kappa shape index (κ3) is 3.93. The van der Waals surface area contributed by atoms with Crippen LogP contribution < -0.4 is 10.1 Å². The van der Waals surface area contributed by atoms with Gasteiger partial charge in [0, 0.05) is 12.1 Å². The normalized spacial score (nSPS) is 9.00. The van der Waals surface area contributed by atoms with Crippen LogP contribution in [-0.4, -0.2) is 19.8 Å². The number of amides is 1. The summed E-state index contributed by atoms with van der Waals surface area (Å²) in [5, 5.41) is 2.57. The Hall–Kier alpha value is -2.15. The molecule has 1 rings (SSSR count). The van der Waals surface area contributed by atoms with Crippen molar-refractivity contribution in [2.75, 3.05) is 19.0 Å². The number of hydrogen-bond donors (Lipinski definition) is 1. The van der Waals surface area contributed by atoms with E-state index in [1.165, 1.54) is 0 Å². The van der Waals surface area contributed by atoms with Crippen molar-refractivity contribution in [1.29, 1.82) is 0 Å². The maximum atomic E-state index is 11.2. The fraction of sp³-hybridized carbons (Fsp3) is 0.250. The number of rotatable bonds is 4. The summed E-state index contributed by atoms with van der Waals surface area (Å²) in [7, 11) is 1.58. The molecule has 1 aromatic carbocycles. The van der Waals surface area contributed by atoms with Crippen molar-refractivity contribution in [3.8, 4) is 18.1 Å². The highest BCUT2D eigenvalue weighted by molar-refractivity contribution is 5.84. The SMILES string of the molecule is C#CCCOC(=O)Nc1ccc(OC)cc1. The zero-order chi connectivity index (χ0) is 11.8. The zero-order valence-electron chi connectivity index (χ0n) is 9.03. The first kappa shape index (κ1) is 11.9. The number of benzene rings is 1. The molecule has 0 aliphatic rings. The van der Waals surface area contributed by atoms with Crippen LogP contribution in [0.4, 0.5) is 10.5 Å². The van der Waals surface area contributed by atoms with E-state index < -0.39 is 6.09 Å². The molecule has 0 unspecified atom stereocenters. The highest BCUT2D eigenvalue weighted by atomic mass is 16.5. The molecule has 1 N–H and O–H groups in total.